The number of hydrogen-bond donors (Lipinski definition) is 0. The third-order valence-corrected chi connectivity index (χ3v) is 6.60. The van der Waals surface area contributed by atoms with E-state index in [0.717, 1.165) is 48.8 Å². The molecule has 0 bridgehead atoms. The lowest BCUT2D eigenvalue weighted by Crippen LogP contribution is -2.23. The van der Waals surface area contributed by atoms with Crippen molar-refractivity contribution in [1.82, 2.24) is 4.57 Å². The van der Waals surface area contributed by atoms with Crippen LogP contribution in [0.25, 0.3) is 10.9 Å². The van der Waals surface area contributed by atoms with E-state index in [9.17, 15) is 4.79 Å². The highest BCUT2D eigenvalue weighted by Gasteiger charge is 2.19. The number of fused-ring (bicyclic) bond motifs is 1. The smallest absolute Gasteiger partial charge is 0.297 e. The predicted molar refractivity (Wildman–Crippen MR) is 147 cm³/mol. The zero-order valence-electron chi connectivity index (χ0n) is 22.8. The number of aryl methyl sites for hydroxylation is 1. The molecule has 0 amide bonds. The fraction of sp³-hybridized carbons (Fsp3) is 0.700. The van der Waals surface area contributed by atoms with Crippen LogP contribution in [0, 0.1) is 0 Å². The quantitative estimate of drug-likeness (QED) is 0.176. The summed E-state index contributed by atoms with van der Waals surface area (Å²) in [5.41, 5.74) is 0.754. The third-order valence-electron chi connectivity index (χ3n) is 6.60. The number of ether oxygens (including phenoxy) is 3. The van der Waals surface area contributed by atoms with Crippen molar-refractivity contribution >= 4 is 10.9 Å². The molecule has 5 heteroatoms. The molecule has 0 radical (unpaired) electrons. The first-order valence-corrected chi connectivity index (χ1v) is 14.2. The molecule has 1 heterocycles. The van der Waals surface area contributed by atoms with Gasteiger partial charge in [-0.3, -0.25) is 4.79 Å². The summed E-state index contributed by atoms with van der Waals surface area (Å²) < 4.78 is 19.6. The van der Waals surface area contributed by atoms with Crippen LogP contribution < -0.4 is 19.8 Å². The van der Waals surface area contributed by atoms with Gasteiger partial charge < -0.3 is 18.8 Å². The van der Waals surface area contributed by atoms with Gasteiger partial charge in [-0.05, 0) is 31.4 Å². The molecule has 1 aromatic carbocycles. The molecule has 5 nitrogen and oxygen atoms in total. The zero-order chi connectivity index (χ0) is 25.3. The normalized spacial score (nSPS) is 11.2. The molecular formula is C30H49NO4. The van der Waals surface area contributed by atoms with Crippen molar-refractivity contribution < 1.29 is 14.2 Å². The molecule has 0 fully saturated rings. The number of pyridine rings is 1. The van der Waals surface area contributed by atoms with Gasteiger partial charge >= 0.3 is 0 Å². The average Bonchev–Trinajstić information content (AvgIpc) is 2.87. The highest BCUT2D eigenvalue weighted by Crippen LogP contribution is 2.35. The van der Waals surface area contributed by atoms with E-state index < -0.39 is 0 Å². The van der Waals surface area contributed by atoms with Gasteiger partial charge in [0.1, 0.15) is 5.75 Å². The van der Waals surface area contributed by atoms with E-state index in [1.54, 1.807) is 7.11 Å². The number of nitrogens with zero attached hydrogens (tertiary/aromatic N) is 1. The largest absolute Gasteiger partial charge is 0.494 e. The van der Waals surface area contributed by atoms with Gasteiger partial charge in [-0.2, -0.15) is 0 Å². The summed E-state index contributed by atoms with van der Waals surface area (Å²) in [5.74, 6) is 1.68. The molecule has 0 saturated carbocycles. The molecule has 0 N–H and O–H groups in total. The first kappa shape index (κ1) is 29.1. The molecule has 0 aliphatic carbocycles. The van der Waals surface area contributed by atoms with Gasteiger partial charge in [0.05, 0.1) is 25.8 Å². The molecule has 0 unspecified atom stereocenters. The maximum Gasteiger partial charge on any atom is 0.297 e. The Kier molecular flexibility index (Phi) is 14.4. The Morgan fingerprint density at radius 2 is 1.29 bits per heavy atom. The van der Waals surface area contributed by atoms with E-state index in [0.29, 0.717) is 31.3 Å². The monoisotopic (exact) mass is 487 g/mol. The molecule has 0 spiro atoms. The summed E-state index contributed by atoms with van der Waals surface area (Å²) in [6.07, 6.45) is 16.5. The summed E-state index contributed by atoms with van der Waals surface area (Å²) >= 11 is 0. The van der Waals surface area contributed by atoms with Crippen molar-refractivity contribution in [3.05, 3.63) is 28.6 Å². The SMILES string of the molecule is CCCCCCCCOc1ccc2c(OCCCC)c(OC)c(=O)n(CCCCCCCC)c2c1. The van der Waals surface area contributed by atoms with Crippen molar-refractivity contribution in [2.75, 3.05) is 20.3 Å². The zero-order valence-corrected chi connectivity index (χ0v) is 22.8. The number of methoxy groups -OCH3 is 1. The van der Waals surface area contributed by atoms with Gasteiger partial charge in [0, 0.05) is 18.0 Å². The van der Waals surface area contributed by atoms with Crippen LogP contribution in [-0.4, -0.2) is 24.9 Å². The van der Waals surface area contributed by atoms with Crippen LogP contribution in [0.1, 0.15) is 111 Å². The molecule has 0 atom stereocenters. The Bertz CT molecular complexity index is 905. The van der Waals surface area contributed by atoms with Crippen LogP contribution in [0.2, 0.25) is 0 Å². The maximum absolute atomic E-state index is 13.4. The lowest BCUT2D eigenvalue weighted by Gasteiger charge is -2.18. The molecule has 2 aromatic rings. The number of hydrogen-bond acceptors (Lipinski definition) is 4. The lowest BCUT2D eigenvalue weighted by molar-refractivity contribution is 0.288. The van der Waals surface area contributed by atoms with Gasteiger partial charge in [-0.25, -0.2) is 0 Å². The van der Waals surface area contributed by atoms with Crippen molar-refractivity contribution in [2.45, 2.75) is 117 Å². The van der Waals surface area contributed by atoms with Gasteiger partial charge in [-0.1, -0.05) is 91.4 Å². The van der Waals surface area contributed by atoms with Crippen LogP contribution in [-0.2, 0) is 6.54 Å². The number of rotatable bonds is 20. The molecule has 198 valence electrons. The fourth-order valence-corrected chi connectivity index (χ4v) is 4.45. The van der Waals surface area contributed by atoms with Crippen LogP contribution in [0.15, 0.2) is 23.0 Å². The Labute approximate surface area is 213 Å². The third kappa shape index (κ3) is 9.42. The molecular weight excluding hydrogens is 438 g/mol. The predicted octanol–water partition coefficient (Wildman–Crippen LogP) is 8.29. The first-order chi connectivity index (χ1) is 17.2. The number of aromatic nitrogens is 1. The lowest BCUT2D eigenvalue weighted by atomic mass is 10.1. The number of benzene rings is 1. The summed E-state index contributed by atoms with van der Waals surface area (Å²) in [4.78, 5) is 13.4. The minimum atomic E-state index is -0.117. The molecule has 0 aliphatic rings. The topological polar surface area (TPSA) is 49.7 Å². The van der Waals surface area contributed by atoms with Crippen molar-refractivity contribution in [3.8, 4) is 17.2 Å². The highest BCUT2D eigenvalue weighted by molar-refractivity contribution is 5.89. The second-order valence-electron chi connectivity index (χ2n) is 9.58. The minimum Gasteiger partial charge on any atom is -0.494 e. The summed E-state index contributed by atoms with van der Waals surface area (Å²) in [5, 5.41) is 0.912. The fourth-order valence-electron chi connectivity index (χ4n) is 4.45. The first-order valence-electron chi connectivity index (χ1n) is 14.2. The second kappa shape index (κ2) is 17.3. The van der Waals surface area contributed by atoms with E-state index in [1.807, 2.05) is 22.8 Å². The Hall–Kier alpha value is -2.17. The maximum atomic E-state index is 13.4. The van der Waals surface area contributed by atoms with Gasteiger partial charge in [0.15, 0.2) is 5.75 Å². The van der Waals surface area contributed by atoms with Crippen LogP contribution in [0.4, 0.5) is 0 Å². The van der Waals surface area contributed by atoms with Crippen molar-refractivity contribution in [3.63, 3.8) is 0 Å². The summed E-state index contributed by atoms with van der Waals surface area (Å²) in [6, 6.07) is 6.02. The van der Waals surface area contributed by atoms with Gasteiger partial charge in [0.25, 0.3) is 5.56 Å². The highest BCUT2D eigenvalue weighted by atomic mass is 16.5. The van der Waals surface area contributed by atoms with Crippen LogP contribution >= 0.6 is 0 Å². The van der Waals surface area contributed by atoms with E-state index in [-0.39, 0.29) is 5.56 Å². The molecule has 0 aliphatic heterocycles. The Morgan fingerprint density at radius 1 is 0.686 bits per heavy atom. The standard InChI is InChI=1S/C30H49NO4/c1-5-8-11-13-15-17-21-31-27-24-25(34-23-18-16-14-12-9-6-2)19-20-26(27)28(35-22-10-7-3)29(33-4)30(31)32/h19-20,24H,5-18,21-23H2,1-4H3. The van der Waals surface area contributed by atoms with E-state index in [4.69, 9.17) is 14.2 Å². The molecule has 0 saturated heterocycles. The van der Waals surface area contributed by atoms with Crippen LogP contribution in [0.5, 0.6) is 17.2 Å². The molecule has 2 rings (SSSR count). The summed E-state index contributed by atoms with van der Waals surface area (Å²) in [7, 11) is 1.56. The Morgan fingerprint density at radius 3 is 1.94 bits per heavy atom. The van der Waals surface area contributed by atoms with E-state index in [1.165, 1.54) is 57.8 Å². The molecule has 1 aromatic heterocycles. The number of unbranched alkanes of at least 4 members (excludes halogenated alkanes) is 11. The Balaban J connectivity index is 2.24. The van der Waals surface area contributed by atoms with Gasteiger partial charge in [-0.15, -0.1) is 0 Å². The molecule has 35 heavy (non-hydrogen) atoms. The van der Waals surface area contributed by atoms with Gasteiger partial charge in [0.2, 0.25) is 5.75 Å². The van der Waals surface area contributed by atoms with E-state index >= 15 is 0 Å². The van der Waals surface area contributed by atoms with Crippen LogP contribution in [0.3, 0.4) is 0 Å². The summed E-state index contributed by atoms with van der Waals surface area (Å²) in [6.45, 7) is 8.55. The van der Waals surface area contributed by atoms with Crippen molar-refractivity contribution in [2.24, 2.45) is 0 Å². The minimum absolute atomic E-state index is 0.117. The van der Waals surface area contributed by atoms with Crippen molar-refractivity contribution in [1.29, 1.82) is 0 Å². The average molecular weight is 488 g/mol. The second-order valence-corrected chi connectivity index (χ2v) is 9.58. The van der Waals surface area contributed by atoms with E-state index in [2.05, 4.69) is 20.8 Å².